The molecular weight excluding hydrogens is 210 g/mol. The molecule has 1 aromatic heterocycles. The van der Waals surface area contributed by atoms with Crippen molar-refractivity contribution in [1.82, 2.24) is 4.98 Å². The van der Waals surface area contributed by atoms with Crippen molar-refractivity contribution in [3.8, 4) is 6.07 Å². The zero-order valence-corrected chi connectivity index (χ0v) is 6.97. The predicted molar refractivity (Wildman–Crippen MR) is 43.9 cm³/mol. The Morgan fingerprint density at radius 2 is 2.36 bits per heavy atom. The van der Waals surface area contributed by atoms with Gasteiger partial charge < -0.3 is 10.7 Å². The Kier molecular flexibility index (Phi) is 1.96. The highest BCUT2D eigenvalue weighted by Gasteiger charge is 2.05. The smallest absolute Gasteiger partial charge is 0.215 e. The largest absolute Gasteiger partial charge is 0.384 e. The number of nitriles is 1. The molecule has 0 saturated carbocycles. The summed E-state index contributed by atoms with van der Waals surface area (Å²) in [5.41, 5.74) is 4.86. The summed E-state index contributed by atoms with van der Waals surface area (Å²) in [7, 11) is 0. The average molecular weight is 214 g/mol. The number of nitrogen functional groups attached to an aromatic ring is 1. The molecule has 0 aromatic carbocycles. The number of nitrogens with one attached hydrogen (secondary N) is 1. The lowest BCUT2D eigenvalue weighted by molar-refractivity contribution is 1.26. The van der Waals surface area contributed by atoms with E-state index in [9.17, 15) is 4.79 Å². The summed E-state index contributed by atoms with van der Waals surface area (Å²) in [5.74, 6) is 0.0979. The van der Waals surface area contributed by atoms with Crippen LogP contribution in [-0.2, 0) is 0 Å². The molecule has 1 aromatic rings. The number of aromatic amines is 1. The van der Waals surface area contributed by atoms with Gasteiger partial charge in [-0.2, -0.15) is 5.26 Å². The molecule has 1 rings (SSSR count). The minimum absolute atomic E-state index is 0.0561. The van der Waals surface area contributed by atoms with Crippen LogP contribution in [-0.4, -0.2) is 4.98 Å². The maximum absolute atomic E-state index is 11.1. The number of H-pyrrole nitrogens is 1. The van der Waals surface area contributed by atoms with Gasteiger partial charge in [0.05, 0.1) is 4.47 Å². The summed E-state index contributed by atoms with van der Waals surface area (Å²) in [6, 6.07) is 1.71. The first-order valence-corrected chi connectivity index (χ1v) is 3.53. The van der Waals surface area contributed by atoms with Crippen molar-refractivity contribution >= 4 is 21.7 Å². The third-order valence-corrected chi connectivity index (χ3v) is 1.77. The molecule has 0 aliphatic carbocycles. The zero-order chi connectivity index (χ0) is 8.43. The number of nitrogens with two attached hydrogens (primary N) is 1. The van der Waals surface area contributed by atoms with Crippen molar-refractivity contribution in [1.29, 1.82) is 5.26 Å². The van der Waals surface area contributed by atoms with Gasteiger partial charge in [0.15, 0.2) is 0 Å². The number of pyridine rings is 1. The van der Waals surface area contributed by atoms with E-state index < -0.39 is 0 Å². The quantitative estimate of drug-likeness (QED) is 0.662. The van der Waals surface area contributed by atoms with E-state index in [2.05, 4.69) is 20.9 Å². The van der Waals surface area contributed by atoms with Crippen LogP contribution in [0.25, 0.3) is 0 Å². The van der Waals surface area contributed by atoms with Gasteiger partial charge in [-0.3, -0.25) is 4.79 Å². The minimum Gasteiger partial charge on any atom is -0.384 e. The van der Waals surface area contributed by atoms with Crippen LogP contribution in [0.1, 0.15) is 5.56 Å². The van der Waals surface area contributed by atoms with Crippen LogP contribution in [0.2, 0.25) is 0 Å². The first-order chi connectivity index (χ1) is 5.16. The minimum atomic E-state index is -0.385. The summed E-state index contributed by atoms with van der Waals surface area (Å²) in [6.07, 6.45) is 1.40. The standard InChI is InChI=1S/C6H4BrN3O/c7-4-2-10-6(9)3(1-8)5(4)11/h2H,(H3,9,10,11). The molecule has 1 heterocycles. The molecule has 0 unspecified atom stereocenters. The Morgan fingerprint density at radius 1 is 1.73 bits per heavy atom. The fourth-order valence-corrected chi connectivity index (χ4v) is 0.944. The fraction of sp³-hybridized carbons (Fsp3) is 0. The third kappa shape index (κ3) is 1.25. The maximum atomic E-state index is 11.1. The van der Waals surface area contributed by atoms with Crippen LogP contribution >= 0.6 is 15.9 Å². The number of hydrogen-bond donors (Lipinski definition) is 2. The molecule has 0 aliphatic rings. The summed E-state index contributed by atoms with van der Waals surface area (Å²) in [5, 5.41) is 8.45. The molecule has 0 aliphatic heterocycles. The highest BCUT2D eigenvalue weighted by Crippen LogP contribution is 2.06. The van der Waals surface area contributed by atoms with Gasteiger partial charge in [0, 0.05) is 6.20 Å². The Labute approximate surface area is 70.8 Å². The van der Waals surface area contributed by atoms with Crippen molar-refractivity contribution in [3.63, 3.8) is 0 Å². The highest BCUT2D eigenvalue weighted by atomic mass is 79.9. The lowest BCUT2D eigenvalue weighted by Crippen LogP contribution is -2.11. The van der Waals surface area contributed by atoms with E-state index in [-0.39, 0.29) is 16.8 Å². The Morgan fingerprint density at radius 3 is 2.82 bits per heavy atom. The fourth-order valence-electron chi connectivity index (χ4n) is 0.632. The van der Waals surface area contributed by atoms with Crippen molar-refractivity contribution in [2.24, 2.45) is 0 Å². The van der Waals surface area contributed by atoms with Crippen LogP contribution < -0.4 is 11.2 Å². The average Bonchev–Trinajstić information content (AvgIpc) is 1.99. The number of rotatable bonds is 0. The molecule has 0 fully saturated rings. The molecule has 0 radical (unpaired) electrons. The van der Waals surface area contributed by atoms with Crippen molar-refractivity contribution < 1.29 is 0 Å². The van der Waals surface area contributed by atoms with Crippen LogP contribution in [0.5, 0.6) is 0 Å². The monoisotopic (exact) mass is 213 g/mol. The molecule has 56 valence electrons. The van der Waals surface area contributed by atoms with Crippen molar-refractivity contribution in [3.05, 3.63) is 26.5 Å². The topological polar surface area (TPSA) is 82.7 Å². The SMILES string of the molecule is N#Cc1c(N)[nH]cc(Br)c1=O. The Bertz CT molecular complexity index is 376. The number of halogens is 1. The van der Waals surface area contributed by atoms with Gasteiger partial charge in [-0.05, 0) is 15.9 Å². The van der Waals surface area contributed by atoms with Gasteiger partial charge in [0.2, 0.25) is 5.43 Å². The van der Waals surface area contributed by atoms with E-state index in [0.29, 0.717) is 4.47 Å². The summed E-state index contributed by atoms with van der Waals surface area (Å²) < 4.78 is 0.309. The first-order valence-electron chi connectivity index (χ1n) is 2.73. The normalized spacial score (nSPS) is 9.09. The molecule has 0 saturated heterocycles. The van der Waals surface area contributed by atoms with Gasteiger partial charge in [-0.15, -0.1) is 0 Å². The van der Waals surface area contributed by atoms with Crippen LogP contribution in [0.3, 0.4) is 0 Å². The van der Waals surface area contributed by atoms with Gasteiger partial charge in [-0.25, -0.2) is 0 Å². The maximum Gasteiger partial charge on any atom is 0.215 e. The molecule has 0 amide bonds. The lowest BCUT2D eigenvalue weighted by Gasteiger charge is -1.95. The molecule has 0 bridgehead atoms. The van der Waals surface area contributed by atoms with E-state index >= 15 is 0 Å². The van der Waals surface area contributed by atoms with Gasteiger partial charge in [-0.1, -0.05) is 0 Å². The molecule has 11 heavy (non-hydrogen) atoms. The first kappa shape index (κ1) is 7.82. The second-order valence-corrected chi connectivity index (χ2v) is 2.72. The highest BCUT2D eigenvalue weighted by molar-refractivity contribution is 9.10. The Balaban J connectivity index is 3.58. The predicted octanol–water partition coefficient (Wildman–Crippen LogP) is 0.591. The van der Waals surface area contributed by atoms with Crippen LogP contribution in [0, 0.1) is 11.3 Å². The zero-order valence-electron chi connectivity index (χ0n) is 5.39. The van der Waals surface area contributed by atoms with E-state index in [1.54, 1.807) is 6.07 Å². The summed E-state index contributed by atoms with van der Waals surface area (Å²) in [4.78, 5) is 13.6. The second-order valence-electron chi connectivity index (χ2n) is 1.87. The number of hydrogen-bond acceptors (Lipinski definition) is 3. The summed E-state index contributed by atoms with van der Waals surface area (Å²) in [6.45, 7) is 0. The Hall–Kier alpha value is -1.28. The molecule has 5 heteroatoms. The number of aromatic nitrogens is 1. The van der Waals surface area contributed by atoms with Crippen molar-refractivity contribution in [2.75, 3.05) is 5.73 Å². The van der Waals surface area contributed by atoms with Gasteiger partial charge in [0.25, 0.3) is 0 Å². The molecule has 0 spiro atoms. The molecule has 0 atom stereocenters. The molecule has 4 nitrogen and oxygen atoms in total. The van der Waals surface area contributed by atoms with Crippen LogP contribution in [0.15, 0.2) is 15.5 Å². The third-order valence-electron chi connectivity index (χ3n) is 1.18. The van der Waals surface area contributed by atoms with Crippen LogP contribution in [0.4, 0.5) is 5.82 Å². The van der Waals surface area contributed by atoms with E-state index in [1.807, 2.05) is 0 Å². The second kappa shape index (κ2) is 2.76. The van der Waals surface area contributed by atoms with E-state index in [1.165, 1.54) is 6.20 Å². The van der Waals surface area contributed by atoms with Gasteiger partial charge in [0.1, 0.15) is 17.5 Å². The van der Waals surface area contributed by atoms with E-state index in [4.69, 9.17) is 11.0 Å². The van der Waals surface area contributed by atoms with Gasteiger partial charge >= 0.3 is 0 Å². The summed E-state index contributed by atoms with van der Waals surface area (Å²) >= 11 is 2.97. The van der Waals surface area contributed by atoms with Crippen molar-refractivity contribution in [2.45, 2.75) is 0 Å². The van der Waals surface area contributed by atoms with E-state index in [0.717, 1.165) is 0 Å². The molecule has 3 N–H and O–H groups in total. The number of anilines is 1. The molecular formula is C6H4BrN3O. The number of nitrogens with zero attached hydrogens (tertiary/aromatic N) is 1. The lowest BCUT2D eigenvalue weighted by atomic mass is 10.3.